The lowest BCUT2D eigenvalue weighted by Crippen LogP contribution is -2.28. The minimum atomic E-state index is -3.82. The molecule has 0 unspecified atom stereocenters. The van der Waals surface area contributed by atoms with Crippen LogP contribution in [0, 0.1) is 17.5 Å². The second-order valence-electron chi connectivity index (χ2n) is 5.84. The fourth-order valence-corrected chi connectivity index (χ4v) is 4.23. The summed E-state index contributed by atoms with van der Waals surface area (Å²) in [5, 5.41) is 2.22. The van der Waals surface area contributed by atoms with E-state index < -0.39 is 38.9 Å². The smallest absolute Gasteiger partial charge is 0.258 e. The van der Waals surface area contributed by atoms with Gasteiger partial charge in [0.15, 0.2) is 11.6 Å². The van der Waals surface area contributed by atoms with E-state index in [0.29, 0.717) is 13.1 Å². The van der Waals surface area contributed by atoms with Gasteiger partial charge in [0.2, 0.25) is 10.0 Å². The number of anilines is 1. The first-order valence-corrected chi connectivity index (χ1v) is 9.29. The Kier molecular flexibility index (Phi) is 5.01. The van der Waals surface area contributed by atoms with Gasteiger partial charge in [-0.15, -0.1) is 0 Å². The van der Waals surface area contributed by atoms with Crippen LogP contribution in [0.4, 0.5) is 18.9 Å². The molecule has 3 rings (SSSR count). The van der Waals surface area contributed by atoms with Gasteiger partial charge in [0.05, 0.1) is 10.5 Å². The van der Waals surface area contributed by atoms with Crippen LogP contribution in [-0.4, -0.2) is 31.7 Å². The summed E-state index contributed by atoms with van der Waals surface area (Å²) in [6.45, 7) is 0.742. The van der Waals surface area contributed by atoms with E-state index in [0.717, 1.165) is 49.2 Å². The minimum absolute atomic E-state index is 0.0823. The third-order valence-corrected chi connectivity index (χ3v) is 5.96. The molecule has 2 aromatic rings. The second-order valence-corrected chi connectivity index (χ2v) is 7.77. The molecule has 1 fully saturated rings. The van der Waals surface area contributed by atoms with Gasteiger partial charge in [-0.3, -0.25) is 4.79 Å². The molecule has 1 aliphatic rings. The fourth-order valence-electron chi connectivity index (χ4n) is 2.69. The van der Waals surface area contributed by atoms with E-state index in [2.05, 4.69) is 5.32 Å². The van der Waals surface area contributed by atoms with Crippen molar-refractivity contribution in [2.45, 2.75) is 17.7 Å². The third-order valence-electron chi connectivity index (χ3n) is 4.06. The van der Waals surface area contributed by atoms with E-state index in [-0.39, 0.29) is 10.6 Å². The van der Waals surface area contributed by atoms with Crippen LogP contribution in [-0.2, 0) is 10.0 Å². The summed E-state index contributed by atoms with van der Waals surface area (Å²) >= 11 is 0. The summed E-state index contributed by atoms with van der Waals surface area (Å²) in [5.41, 5.74) is -0.587. The van der Waals surface area contributed by atoms with Gasteiger partial charge < -0.3 is 5.32 Å². The Balaban J connectivity index is 1.89. The summed E-state index contributed by atoms with van der Waals surface area (Å²) in [4.78, 5) is 12.1. The number of carbonyl (C=O) groups excluding carboxylic acids is 1. The van der Waals surface area contributed by atoms with Crippen LogP contribution >= 0.6 is 0 Å². The molecule has 5 nitrogen and oxygen atoms in total. The normalized spacial score (nSPS) is 15.2. The number of hydrogen-bond acceptors (Lipinski definition) is 3. The highest BCUT2D eigenvalue weighted by atomic mass is 32.2. The van der Waals surface area contributed by atoms with Crippen LogP contribution in [0.2, 0.25) is 0 Å². The fraction of sp³-hybridized carbons (Fsp3) is 0.235. The first kappa shape index (κ1) is 18.4. The minimum Gasteiger partial charge on any atom is -0.322 e. The number of carbonyl (C=O) groups is 1. The maximum atomic E-state index is 14.0. The Hall–Kier alpha value is -2.39. The molecule has 138 valence electrons. The van der Waals surface area contributed by atoms with Crippen LogP contribution in [0.25, 0.3) is 0 Å². The molecule has 0 radical (unpaired) electrons. The van der Waals surface area contributed by atoms with E-state index in [1.54, 1.807) is 0 Å². The molecule has 26 heavy (non-hydrogen) atoms. The number of sulfonamides is 1. The SMILES string of the molecule is O=C(Nc1ccc(F)c(F)c1)c1cc(S(=O)(=O)N2CCCC2)ccc1F. The van der Waals surface area contributed by atoms with Crippen molar-refractivity contribution >= 4 is 21.6 Å². The lowest BCUT2D eigenvalue weighted by molar-refractivity contribution is 0.102. The predicted molar refractivity (Wildman–Crippen MR) is 88.7 cm³/mol. The molecule has 1 N–H and O–H groups in total. The molecule has 0 bridgehead atoms. The highest BCUT2D eigenvalue weighted by Gasteiger charge is 2.28. The van der Waals surface area contributed by atoms with Crippen molar-refractivity contribution < 1.29 is 26.4 Å². The quantitative estimate of drug-likeness (QED) is 0.881. The van der Waals surface area contributed by atoms with E-state index in [9.17, 15) is 26.4 Å². The van der Waals surface area contributed by atoms with Gasteiger partial charge in [-0.25, -0.2) is 21.6 Å². The molecule has 9 heteroatoms. The average molecular weight is 384 g/mol. The van der Waals surface area contributed by atoms with Crippen molar-refractivity contribution in [2.24, 2.45) is 0 Å². The maximum Gasteiger partial charge on any atom is 0.258 e. The van der Waals surface area contributed by atoms with Gasteiger partial charge in [-0.05, 0) is 43.2 Å². The van der Waals surface area contributed by atoms with Crippen LogP contribution in [0.3, 0.4) is 0 Å². The van der Waals surface area contributed by atoms with Crippen molar-refractivity contribution in [3.63, 3.8) is 0 Å². The van der Waals surface area contributed by atoms with Gasteiger partial charge in [0, 0.05) is 24.8 Å². The summed E-state index contributed by atoms with van der Waals surface area (Å²) in [7, 11) is -3.82. The van der Waals surface area contributed by atoms with Gasteiger partial charge in [-0.1, -0.05) is 0 Å². The Bertz CT molecular complexity index is 958. The zero-order valence-electron chi connectivity index (χ0n) is 13.5. The molecule has 2 aromatic carbocycles. The van der Waals surface area contributed by atoms with Crippen molar-refractivity contribution in [2.75, 3.05) is 18.4 Å². The lowest BCUT2D eigenvalue weighted by Gasteiger charge is -2.16. The zero-order chi connectivity index (χ0) is 18.9. The zero-order valence-corrected chi connectivity index (χ0v) is 14.3. The molecular formula is C17H15F3N2O3S. The van der Waals surface area contributed by atoms with Crippen LogP contribution in [0.15, 0.2) is 41.3 Å². The Labute approximate surface area is 148 Å². The average Bonchev–Trinajstić information content (AvgIpc) is 3.13. The standard InChI is InChI=1S/C17H15F3N2O3S/c18-14-6-4-12(26(24,25)22-7-1-2-8-22)10-13(14)17(23)21-11-3-5-15(19)16(20)9-11/h3-6,9-10H,1-2,7-8H2,(H,21,23). The number of halogens is 3. The highest BCUT2D eigenvalue weighted by Crippen LogP contribution is 2.23. The topological polar surface area (TPSA) is 66.5 Å². The number of rotatable bonds is 4. The van der Waals surface area contributed by atoms with E-state index in [1.165, 1.54) is 4.31 Å². The molecule has 1 amide bonds. The van der Waals surface area contributed by atoms with Gasteiger partial charge in [-0.2, -0.15) is 4.31 Å². The first-order valence-electron chi connectivity index (χ1n) is 7.85. The summed E-state index contributed by atoms with van der Waals surface area (Å²) in [6.07, 6.45) is 1.48. The molecule has 1 heterocycles. The molecule has 0 atom stereocenters. The number of amides is 1. The first-order chi connectivity index (χ1) is 12.3. The number of benzene rings is 2. The highest BCUT2D eigenvalue weighted by molar-refractivity contribution is 7.89. The van der Waals surface area contributed by atoms with Gasteiger partial charge in [0.1, 0.15) is 5.82 Å². The largest absolute Gasteiger partial charge is 0.322 e. The molecule has 1 saturated heterocycles. The Morgan fingerprint density at radius 1 is 0.923 bits per heavy atom. The van der Waals surface area contributed by atoms with Crippen LogP contribution < -0.4 is 5.32 Å². The van der Waals surface area contributed by atoms with E-state index in [1.807, 2.05) is 0 Å². The predicted octanol–water partition coefficient (Wildman–Crippen LogP) is 3.14. The molecule has 0 aromatic heterocycles. The summed E-state index contributed by atoms with van der Waals surface area (Å²) < 4.78 is 66.5. The molecule has 0 spiro atoms. The number of nitrogens with one attached hydrogen (secondary N) is 1. The molecule has 1 aliphatic heterocycles. The van der Waals surface area contributed by atoms with Gasteiger partial charge >= 0.3 is 0 Å². The number of nitrogens with zero attached hydrogens (tertiary/aromatic N) is 1. The third kappa shape index (κ3) is 3.58. The van der Waals surface area contributed by atoms with Crippen molar-refractivity contribution in [3.05, 3.63) is 59.4 Å². The molecule has 0 aliphatic carbocycles. The number of hydrogen-bond donors (Lipinski definition) is 1. The monoisotopic (exact) mass is 384 g/mol. The Morgan fingerprint density at radius 2 is 1.58 bits per heavy atom. The summed E-state index contributed by atoms with van der Waals surface area (Å²) in [6, 6.07) is 5.60. The second kappa shape index (κ2) is 7.08. The molecule has 0 saturated carbocycles. The van der Waals surface area contributed by atoms with Crippen LogP contribution in [0.5, 0.6) is 0 Å². The van der Waals surface area contributed by atoms with Crippen molar-refractivity contribution in [3.8, 4) is 0 Å². The Morgan fingerprint density at radius 3 is 2.23 bits per heavy atom. The van der Waals surface area contributed by atoms with Gasteiger partial charge in [0.25, 0.3) is 5.91 Å². The van der Waals surface area contributed by atoms with E-state index in [4.69, 9.17) is 0 Å². The summed E-state index contributed by atoms with van der Waals surface area (Å²) in [5.74, 6) is -4.15. The van der Waals surface area contributed by atoms with Crippen molar-refractivity contribution in [1.29, 1.82) is 0 Å². The lowest BCUT2D eigenvalue weighted by atomic mass is 10.2. The van der Waals surface area contributed by atoms with E-state index >= 15 is 0 Å². The van der Waals surface area contributed by atoms with Crippen molar-refractivity contribution in [1.82, 2.24) is 4.31 Å². The maximum absolute atomic E-state index is 14.0. The van der Waals surface area contributed by atoms with Crippen LogP contribution in [0.1, 0.15) is 23.2 Å². The molecular weight excluding hydrogens is 369 g/mol.